The third kappa shape index (κ3) is 3.57. The van der Waals surface area contributed by atoms with Crippen LogP contribution in [0.25, 0.3) is 0 Å². The number of nitro groups is 1. The monoisotopic (exact) mass is 350 g/mol. The Morgan fingerprint density at radius 1 is 1.29 bits per heavy atom. The maximum atomic E-state index is 11.1. The molecule has 0 fully saturated rings. The van der Waals surface area contributed by atoms with E-state index >= 15 is 0 Å². The second-order valence-electron chi connectivity index (χ2n) is 4.24. The van der Waals surface area contributed by atoms with Crippen molar-refractivity contribution in [2.24, 2.45) is 0 Å². The molecule has 2 N–H and O–H groups in total. The van der Waals surface area contributed by atoms with Gasteiger partial charge in [0.25, 0.3) is 5.69 Å². The van der Waals surface area contributed by atoms with E-state index in [1.807, 2.05) is 24.3 Å². The standard InChI is InChI=1S/C14H11BrN2O4/c15-12-4-2-1-3-9(12)8-16-10-5-6-13(17(20)21)11(7-10)14(18)19/h1-7,16H,8H2,(H,18,19). The van der Waals surface area contributed by atoms with Crippen molar-refractivity contribution in [1.29, 1.82) is 0 Å². The number of carboxylic acids is 1. The molecule has 0 amide bonds. The van der Waals surface area contributed by atoms with Crippen molar-refractivity contribution in [3.8, 4) is 0 Å². The molecule has 0 spiro atoms. The van der Waals surface area contributed by atoms with Gasteiger partial charge in [-0.3, -0.25) is 10.1 Å². The van der Waals surface area contributed by atoms with E-state index in [4.69, 9.17) is 5.11 Å². The zero-order valence-corrected chi connectivity index (χ0v) is 12.3. The van der Waals surface area contributed by atoms with Crippen LogP contribution in [0, 0.1) is 10.1 Å². The number of nitrogens with zero attached hydrogens (tertiary/aromatic N) is 1. The van der Waals surface area contributed by atoms with Gasteiger partial charge < -0.3 is 10.4 Å². The molecule has 0 aliphatic heterocycles. The van der Waals surface area contributed by atoms with Crippen molar-refractivity contribution in [1.82, 2.24) is 0 Å². The molecular weight excluding hydrogens is 340 g/mol. The minimum absolute atomic E-state index is 0.336. The predicted molar refractivity (Wildman–Crippen MR) is 81.5 cm³/mol. The Balaban J connectivity index is 2.22. The molecule has 0 heterocycles. The van der Waals surface area contributed by atoms with Gasteiger partial charge in [-0.15, -0.1) is 0 Å². The summed E-state index contributed by atoms with van der Waals surface area (Å²) in [5.41, 5.74) is 0.743. The van der Waals surface area contributed by atoms with Gasteiger partial charge in [0.05, 0.1) is 4.92 Å². The summed E-state index contributed by atoms with van der Waals surface area (Å²) in [6, 6.07) is 11.5. The summed E-state index contributed by atoms with van der Waals surface area (Å²) in [5, 5.41) is 22.9. The van der Waals surface area contributed by atoms with Crippen LogP contribution in [0.4, 0.5) is 11.4 Å². The van der Waals surface area contributed by atoms with Crippen LogP contribution < -0.4 is 5.32 Å². The number of benzene rings is 2. The lowest BCUT2D eigenvalue weighted by molar-refractivity contribution is -0.385. The van der Waals surface area contributed by atoms with Gasteiger partial charge in [0.1, 0.15) is 5.56 Å². The first kappa shape index (κ1) is 15.0. The van der Waals surface area contributed by atoms with Gasteiger partial charge >= 0.3 is 5.97 Å². The Labute approximate surface area is 128 Å². The van der Waals surface area contributed by atoms with Crippen molar-refractivity contribution in [2.45, 2.75) is 6.54 Å². The molecule has 0 radical (unpaired) electrons. The maximum Gasteiger partial charge on any atom is 0.342 e. The van der Waals surface area contributed by atoms with Crippen LogP contribution in [0.15, 0.2) is 46.9 Å². The van der Waals surface area contributed by atoms with Crippen LogP contribution in [-0.2, 0) is 6.54 Å². The van der Waals surface area contributed by atoms with Crippen LogP contribution in [0.1, 0.15) is 15.9 Å². The van der Waals surface area contributed by atoms with Crippen molar-refractivity contribution in [3.05, 3.63) is 68.2 Å². The fourth-order valence-electron chi connectivity index (χ4n) is 1.82. The van der Waals surface area contributed by atoms with E-state index < -0.39 is 16.6 Å². The first-order valence-electron chi connectivity index (χ1n) is 5.98. The summed E-state index contributed by atoms with van der Waals surface area (Å²) < 4.78 is 0.929. The highest BCUT2D eigenvalue weighted by molar-refractivity contribution is 9.10. The topological polar surface area (TPSA) is 92.5 Å². The van der Waals surface area contributed by atoms with Gasteiger partial charge in [-0.25, -0.2) is 4.79 Å². The first-order chi connectivity index (χ1) is 9.99. The van der Waals surface area contributed by atoms with Gasteiger partial charge in [0, 0.05) is 22.8 Å². The van der Waals surface area contributed by atoms with Crippen LogP contribution in [0.3, 0.4) is 0 Å². The molecule has 0 unspecified atom stereocenters. The zero-order chi connectivity index (χ0) is 15.4. The molecule has 2 aromatic rings. The van der Waals surface area contributed by atoms with E-state index in [0.717, 1.165) is 10.0 Å². The molecule has 0 bridgehead atoms. The minimum Gasteiger partial charge on any atom is -0.477 e. The Hall–Kier alpha value is -2.41. The number of hydrogen-bond donors (Lipinski definition) is 2. The molecule has 6 nitrogen and oxygen atoms in total. The van der Waals surface area contributed by atoms with Crippen molar-refractivity contribution in [3.63, 3.8) is 0 Å². The lowest BCUT2D eigenvalue weighted by Crippen LogP contribution is -2.05. The molecule has 2 rings (SSSR count). The zero-order valence-electron chi connectivity index (χ0n) is 10.7. The van der Waals surface area contributed by atoms with Crippen LogP contribution in [-0.4, -0.2) is 16.0 Å². The highest BCUT2D eigenvalue weighted by Crippen LogP contribution is 2.24. The van der Waals surface area contributed by atoms with E-state index in [1.54, 1.807) is 0 Å². The number of anilines is 1. The summed E-state index contributed by atoms with van der Waals surface area (Å²) >= 11 is 3.41. The van der Waals surface area contributed by atoms with E-state index in [-0.39, 0.29) is 5.56 Å². The summed E-state index contributed by atoms with van der Waals surface area (Å²) in [4.78, 5) is 21.1. The maximum absolute atomic E-state index is 11.1. The number of aromatic carboxylic acids is 1. The molecule has 0 aliphatic rings. The lowest BCUT2D eigenvalue weighted by Gasteiger charge is -2.09. The predicted octanol–water partition coefficient (Wildman–Crippen LogP) is 3.67. The molecule has 0 saturated carbocycles. The smallest absolute Gasteiger partial charge is 0.342 e. The average molecular weight is 351 g/mol. The molecule has 108 valence electrons. The Bertz CT molecular complexity index is 703. The quantitative estimate of drug-likeness (QED) is 0.633. The average Bonchev–Trinajstić information content (AvgIpc) is 2.46. The van der Waals surface area contributed by atoms with E-state index in [0.29, 0.717) is 12.2 Å². The lowest BCUT2D eigenvalue weighted by atomic mass is 10.1. The second-order valence-corrected chi connectivity index (χ2v) is 5.09. The van der Waals surface area contributed by atoms with Gasteiger partial charge in [0.2, 0.25) is 0 Å². The molecule has 0 atom stereocenters. The number of halogens is 1. The highest BCUT2D eigenvalue weighted by Gasteiger charge is 2.19. The first-order valence-corrected chi connectivity index (χ1v) is 6.77. The number of carbonyl (C=O) groups is 1. The normalized spacial score (nSPS) is 10.1. The van der Waals surface area contributed by atoms with Crippen LogP contribution in [0.2, 0.25) is 0 Å². The summed E-state index contributed by atoms with van der Waals surface area (Å²) in [6.07, 6.45) is 0. The molecular formula is C14H11BrN2O4. The molecule has 0 saturated heterocycles. The largest absolute Gasteiger partial charge is 0.477 e. The van der Waals surface area contributed by atoms with Crippen molar-refractivity contribution < 1.29 is 14.8 Å². The number of nitrogens with one attached hydrogen (secondary N) is 1. The Morgan fingerprint density at radius 3 is 2.62 bits per heavy atom. The Morgan fingerprint density at radius 2 is 2.00 bits per heavy atom. The highest BCUT2D eigenvalue weighted by atomic mass is 79.9. The number of carboxylic acid groups (broad SMARTS) is 1. The fourth-order valence-corrected chi connectivity index (χ4v) is 2.24. The van der Waals surface area contributed by atoms with Gasteiger partial charge in [-0.2, -0.15) is 0 Å². The van der Waals surface area contributed by atoms with E-state index in [9.17, 15) is 14.9 Å². The second kappa shape index (κ2) is 6.36. The van der Waals surface area contributed by atoms with Gasteiger partial charge in [-0.1, -0.05) is 34.1 Å². The molecule has 7 heteroatoms. The van der Waals surface area contributed by atoms with E-state index in [1.165, 1.54) is 18.2 Å². The summed E-state index contributed by atoms with van der Waals surface area (Å²) in [7, 11) is 0. The summed E-state index contributed by atoms with van der Waals surface area (Å²) in [6.45, 7) is 0.471. The number of hydrogen-bond acceptors (Lipinski definition) is 4. The SMILES string of the molecule is O=C(O)c1cc(NCc2ccccc2Br)ccc1[N+](=O)[O-]. The third-order valence-electron chi connectivity index (χ3n) is 2.86. The van der Waals surface area contributed by atoms with E-state index in [2.05, 4.69) is 21.2 Å². The molecule has 21 heavy (non-hydrogen) atoms. The molecule has 2 aromatic carbocycles. The Kier molecular flexibility index (Phi) is 4.54. The van der Waals surface area contributed by atoms with Crippen LogP contribution >= 0.6 is 15.9 Å². The van der Waals surface area contributed by atoms with Crippen LogP contribution in [0.5, 0.6) is 0 Å². The van der Waals surface area contributed by atoms with Crippen molar-refractivity contribution >= 4 is 33.3 Å². The minimum atomic E-state index is -1.33. The number of rotatable bonds is 5. The third-order valence-corrected chi connectivity index (χ3v) is 3.64. The molecule has 0 aromatic heterocycles. The van der Waals surface area contributed by atoms with Gasteiger partial charge in [0.15, 0.2) is 0 Å². The number of nitro benzene ring substituents is 1. The molecule has 0 aliphatic carbocycles. The van der Waals surface area contributed by atoms with Gasteiger partial charge in [-0.05, 0) is 23.8 Å². The fraction of sp³-hybridized carbons (Fsp3) is 0.0714. The summed E-state index contributed by atoms with van der Waals surface area (Å²) in [5.74, 6) is -1.33. The van der Waals surface area contributed by atoms with Crippen molar-refractivity contribution in [2.75, 3.05) is 5.32 Å².